The summed E-state index contributed by atoms with van der Waals surface area (Å²) in [7, 11) is 3.25. The van der Waals surface area contributed by atoms with Crippen molar-refractivity contribution in [3.8, 4) is 0 Å². The third-order valence-electron chi connectivity index (χ3n) is 3.14. The normalized spacial score (nSPS) is 16.6. The Balaban J connectivity index is 0.000000550. The first-order valence-corrected chi connectivity index (χ1v) is 7.31. The number of carbonyl (C=O) groups is 1. The maximum atomic E-state index is 10.6. The number of benzene rings is 1. The number of rotatable bonds is 3. The molecule has 1 saturated heterocycles. The molecule has 0 unspecified atom stereocenters. The van der Waals surface area contributed by atoms with Gasteiger partial charge in [-0.15, -0.1) is 0 Å². The molecule has 2 rings (SSSR count). The second-order valence-corrected chi connectivity index (χ2v) is 5.70. The van der Waals surface area contributed by atoms with Gasteiger partial charge < -0.3 is 9.53 Å². The Hall–Kier alpha value is -0.710. The predicted octanol–water partition coefficient (Wildman–Crippen LogP) is 3.12. The van der Waals surface area contributed by atoms with E-state index in [-0.39, 0.29) is 0 Å². The number of hydrogen-bond acceptors (Lipinski definition) is 3. The van der Waals surface area contributed by atoms with Crippen molar-refractivity contribution < 1.29 is 9.53 Å². The minimum absolute atomic E-state index is 0.293. The molecule has 3 nitrogen and oxygen atoms in total. The number of hydrogen-bond donors (Lipinski definition) is 0. The van der Waals surface area contributed by atoms with Gasteiger partial charge in [-0.2, -0.15) is 0 Å². The number of halogens is 1. The first-order chi connectivity index (χ1) is 9.19. The van der Waals surface area contributed by atoms with E-state index in [1.54, 1.807) is 14.2 Å². The Morgan fingerprint density at radius 2 is 1.79 bits per heavy atom. The van der Waals surface area contributed by atoms with Crippen LogP contribution in [0.5, 0.6) is 0 Å². The van der Waals surface area contributed by atoms with Crippen LogP contribution in [-0.4, -0.2) is 38.5 Å². The molecule has 0 atom stereocenters. The molecule has 0 spiro atoms. The summed E-state index contributed by atoms with van der Waals surface area (Å²) in [5, 5.41) is 0. The van der Waals surface area contributed by atoms with Gasteiger partial charge >= 0.3 is 0 Å². The Kier molecular flexibility index (Phi) is 7.94. The lowest BCUT2D eigenvalue weighted by Gasteiger charge is -2.29. The van der Waals surface area contributed by atoms with Crippen LogP contribution in [0.1, 0.15) is 18.4 Å². The molecule has 0 amide bonds. The number of piperidine rings is 1. The Morgan fingerprint density at radius 3 is 2.26 bits per heavy atom. The smallest absolute Gasteiger partial charge is 0.123 e. The van der Waals surface area contributed by atoms with E-state index in [2.05, 4.69) is 49.8 Å². The van der Waals surface area contributed by atoms with Crippen LogP contribution in [-0.2, 0) is 16.1 Å². The first-order valence-electron chi connectivity index (χ1n) is 6.51. The molecule has 1 aromatic rings. The summed E-state index contributed by atoms with van der Waals surface area (Å²) in [6.45, 7) is 3.08. The summed E-state index contributed by atoms with van der Waals surface area (Å²) in [4.78, 5) is 13.1. The quantitative estimate of drug-likeness (QED) is 0.799. The van der Waals surface area contributed by atoms with Crippen molar-refractivity contribution >= 4 is 22.2 Å². The van der Waals surface area contributed by atoms with Gasteiger partial charge in [0.2, 0.25) is 0 Å². The van der Waals surface area contributed by atoms with Gasteiger partial charge in [0.1, 0.15) is 6.29 Å². The van der Waals surface area contributed by atoms with Gasteiger partial charge in [0.05, 0.1) is 0 Å². The standard InChI is InChI=1S/C13H16BrNO.C2H6O/c14-13-3-1-11(2-4-13)9-15-7-5-12(10-16)6-8-15;1-3-2/h1-4,10,12H,5-9H2;1-2H3. The van der Waals surface area contributed by atoms with Crippen LogP contribution in [0.15, 0.2) is 28.7 Å². The molecule has 4 heteroatoms. The number of likely N-dealkylation sites (tertiary alicyclic amines) is 1. The van der Waals surface area contributed by atoms with Crippen molar-refractivity contribution in [1.29, 1.82) is 0 Å². The van der Waals surface area contributed by atoms with Gasteiger partial charge in [0.25, 0.3) is 0 Å². The van der Waals surface area contributed by atoms with Crippen molar-refractivity contribution in [2.45, 2.75) is 19.4 Å². The fourth-order valence-corrected chi connectivity index (χ4v) is 2.36. The molecule has 1 aliphatic rings. The van der Waals surface area contributed by atoms with Crippen molar-refractivity contribution in [3.05, 3.63) is 34.3 Å². The molecule has 0 radical (unpaired) electrons. The van der Waals surface area contributed by atoms with Crippen LogP contribution in [0.25, 0.3) is 0 Å². The molecule has 0 aromatic heterocycles. The fraction of sp³-hybridized carbons (Fsp3) is 0.533. The molecule has 1 aromatic carbocycles. The highest BCUT2D eigenvalue weighted by Crippen LogP contribution is 2.18. The molecule has 0 bridgehead atoms. The molecular weight excluding hydrogens is 306 g/mol. The van der Waals surface area contributed by atoms with Crippen LogP contribution in [0.2, 0.25) is 0 Å². The van der Waals surface area contributed by atoms with Crippen LogP contribution in [0, 0.1) is 5.92 Å². The molecule has 0 N–H and O–H groups in total. The van der Waals surface area contributed by atoms with E-state index in [9.17, 15) is 4.79 Å². The highest BCUT2D eigenvalue weighted by Gasteiger charge is 2.18. The minimum Gasteiger partial charge on any atom is -0.388 e. The minimum atomic E-state index is 0.293. The van der Waals surface area contributed by atoms with Gasteiger partial charge in [-0.3, -0.25) is 4.90 Å². The van der Waals surface area contributed by atoms with E-state index in [1.165, 1.54) is 5.56 Å². The second-order valence-electron chi connectivity index (χ2n) is 4.78. The van der Waals surface area contributed by atoms with E-state index in [1.807, 2.05) is 0 Å². The highest BCUT2D eigenvalue weighted by atomic mass is 79.9. The number of carbonyl (C=O) groups excluding carboxylic acids is 1. The molecule has 0 aliphatic carbocycles. The monoisotopic (exact) mass is 327 g/mol. The molecule has 1 aliphatic heterocycles. The highest BCUT2D eigenvalue weighted by molar-refractivity contribution is 9.10. The van der Waals surface area contributed by atoms with Crippen molar-refractivity contribution in [1.82, 2.24) is 4.90 Å². The fourth-order valence-electron chi connectivity index (χ4n) is 2.10. The van der Waals surface area contributed by atoms with Crippen LogP contribution < -0.4 is 0 Å². The predicted molar refractivity (Wildman–Crippen MR) is 81.1 cm³/mol. The average Bonchev–Trinajstić information content (AvgIpc) is 2.43. The number of nitrogens with zero attached hydrogens (tertiary/aromatic N) is 1. The molecule has 1 fully saturated rings. The zero-order valence-electron chi connectivity index (χ0n) is 11.6. The molecule has 1 heterocycles. The number of aldehydes is 1. The summed E-state index contributed by atoms with van der Waals surface area (Å²) in [6.07, 6.45) is 3.14. The third-order valence-corrected chi connectivity index (χ3v) is 3.67. The summed E-state index contributed by atoms with van der Waals surface area (Å²) in [5.41, 5.74) is 1.34. The van der Waals surface area contributed by atoms with Gasteiger partial charge in [-0.05, 0) is 43.6 Å². The summed E-state index contributed by atoms with van der Waals surface area (Å²) < 4.78 is 5.37. The largest absolute Gasteiger partial charge is 0.388 e. The van der Waals surface area contributed by atoms with E-state index in [4.69, 9.17) is 0 Å². The lowest BCUT2D eigenvalue weighted by Crippen LogP contribution is -2.33. The second kappa shape index (κ2) is 9.23. The topological polar surface area (TPSA) is 29.5 Å². The number of methoxy groups -OCH3 is 1. The summed E-state index contributed by atoms with van der Waals surface area (Å²) in [5.74, 6) is 0.293. The van der Waals surface area contributed by atoms with Crippen molar-refractivity contribution in [2.75, 3.05) is 27.3 Å². The zero-order valence-corrected chi connectivity index (χ0v) is 13.2. The van der Waals surface area contributed by atoms with E-state index < -0.39 is 0 Å². The van der Waals surface area contributed by atoms with Gasteiger partial charge in [-0.1, -0.05) is 28.1 Å². The van der Waals surface area contributed by atoms with E-state index in [0.29, 0.717) is 5.92 Å². The number of ether oxygens (including phenoxy) is 1. The van der Waals surface area contributed by atoms with Gasteiger partial charge in [0, 0.05) is 31.2 Å². The van der Waals surface area contributed by atoms with E-state index >= 15 is 0 Å². The molecule has 0 saturated carbocycles. The first kappa shape index (κ1) is 16.3. The van der Waals surface area contributed by atoms with Gasteiger partial charge in [0.15, 0.2) is 0 Å². The van der Waals surface area contributed by atoms with Gasteiger partial charge in [-0.25, -0.2) is 0 Å². The summed E-state index contributed by atoms with van der Waals surface area (Å²) in [6, 6.07) is 8.45. The lowest BCUT2D eigenvalue weighted by molar-refractivity contribution is -0.112. The van der Waals surface area contributed by atoms with Crippen molar-refractivity contribution in [2.24, 2.45) is 5.92 Å². The average molecular weight is 328 g/mol. The van der Waals surface area contributed by atoms with Crippen LogP contribution in [0.3, 0.4) is 0 Å². The Bertz CT molecular complexity index is 359. The maximum absolute atomic E-state index is 10.6. The van der Waals surface area contributed by atoms with Crippen molar-refractivity contribution in [3.63, 3.8) is 0 Å². The summed E-state index contributed by atoms with van der Waals surface area (Å²) >= 11 is 3.44. The molecule has 106 valence electrons. The Labute approximate surface area is 124 Å². The third kappa shape index (κ3) is 6.32. The molecule has 19 heavy (non-hydrogen) atoms. The maximum Gasteiger partial charge on any atom is 0.123 e. The van der Waals surface area contributed by atoms with E-state index in [0.717, 1.165) is 43.2 Å². The Morgan fingerprint density at radius 1 is 1.26 bits per heavy atom. The lowest BCUT2D eigenvalue weighted by atomic mass is 9.98. The van der Waals surface area contributed by atoms with Crippen LogP contribution >= 0.6 is 15.9 Å². The zero-order chi connectivity index (χ0) is 14.1. The molecular formula is C15H22BrNO2. The van der Waals surface area contributed by atoms with Crippen LogP contribution in [0.4, 0.5) is 0 Å². The SMILES string of the molecule is COC.O=CC1CCN(Cc2ccc(Br)cc2)CC1.